The Morgan fingerprint density at radius 3 is 2.70 bits per heavy atom. The molecule has 1 saturated carbocycles. The molecule has 27 heavy (non-hydrogen) atoms. The fraction of sp³-hybridized carbons (Fsp3) is 0.364. The van der Waals surface area contributed by atoms with Gasteiger partial charge in [-0.25, -0.2) is 0 Å². The van der Waals surface area contributed by atoms with Crippen molar-refractivity contribution in [2.24, 2.45) is 5.92 Å². The summed E-state index contributed by atoms with van der Waals surface area (Å²) in [6.45, 7) is 1.71. The second-order valence-electron chi connectivity index (χ2n) is 7.28. The number of nitrogens with one attached hydrogen (secondary N) is 1. The van der Waals surface area contributed by atoms with E-state index in [0.29, 0.717) is 5.56 Å². The second-order valence-corrected chi connectivity index (χ2v) is 7.28. The van der Waals surface area contributed by atoms with Gasteiger partial charge in [-0.2, -0.15) is 5.26 Å². The largest absolute Gasteiger partial charge is 0.380 e. The Hall–Kier alpha value is -2.84. The zero-order chi connectivity index (χ0) is 18.8. The summed E-state index contributed by atoms with van der Waals surface area (Å²) in [5.41, 5.74) is 4.38. The number of nitrogens with zero attached hydrogens (tertiary/aromatic N) is 2. The van der Waals surface area contributed by atoms with Crippen LogP contribution in [0.1, 0.15) is 24.8 Å². The summed E-state index contributed by atoms with van der Waals surface area (Å²) in [6, 6.07) is 16.1. The van der Waals surface area contributed by atoms with Crippen molar-refractivity contribution in [1.29, 1.82) is 5.26 Å². The number of methoxy groups -OCH3 is 1. The summed E-state index contributed by atoms with van der Waals surface area (Å²) in [4.78, 5) is 14.2. The fourth-order valence-corrected chi connectivity index (χ4v) is 3.59. The molecule has 5 nitrogen and oxygen atoms in total. The van der Waals surface area contributed by atoms with Crippen LogP contribution in [0.4, 0.5) is 11.4 Å². The lowest BCUT2D eigenvalue weighted by Crippen LogP contribution is -2.22. The van der Waals surface area contributed by atoms with Crippen LogP contribution >= 0.6 is 0 Å². The topological polar surface area (TPSA) is 65.4 Å². The van der Waals surface area contributed by atoms with Gasteiger partial charge in [0, 0.05) is 31.8 Å². The van der Waals surface area contributed by atoms with Crippen LogP contribution in [0.3, 0.4) is 0 Å². The Labute approximate surface area is 159 Å². The van der Waals surface area contributed by atoms with E-state index in [1.165, 1.54) is 0 Å². The number of ether oxygens (including phenoxy) is 1. The molecule has 0 bridgehead atoms. The van der Waals surface area contributed by atoms with Crippen LogP contribution in [0, 0.1) is 17.2 Å². The first-order valence-corrected chi connectivity index (χ1v) is 9.41. The SMILES string of the molecule is CO[C@H]1CCN(c2ccc(-c3cccc(NC(=O)C4CC4)c3)cc2C#N)C1. The van der Waals surface area contributed by atoms with Crippen LogP contribution < -0.4 is 10.2 Å². The van der Waals surface area contributed by atoms with Gasteiger partial charge in [-0.3, -0.25) is 4.79 Å². The fourth-order valence-electron chi connectivity index (χ4n) is 3.59. The lowest BCUT2D eigenvalue weighted by molar-refractivity contribution is -0.117. The van der Waals surface area contributed by atoms with Crippen molar-refractivity contribution in [3.8, 4) is 17.2 Å². The molecule has 1 amide bonds. The van der Waals surface area contributed by atoms with Crippen LogP contribution in [-0.2, 0) is 9.53 Å². The zero-order valence-corrected chi connectivity index (χ0v) is 15.4. The van der Waals surface area contributed by atoms with Crippen molar-refractivity contribution in [2.45, 2.75) is 25.4 Å². The highest BCUT2D eigenvalue weighted by Crippen LogP contribution is 2.32. The van der Waals surface area contributed by atoms with Gasteiger partial charge in [-0.05, 0) is 54.7 Å². The number of hydrogen-bond donors (Lipinski definition) is 1. The van der Waals surface area contributed by atoms with E-state index in [9.17, 15) is 10.1 Å². The third-order valence-electron chi connectivity index (χ3n) is 5.35. The van der Waals surface area contributed by atoms with Crippen LogP contribution in [0.2, 0.25) is 0 Å². The Kier molecular flexibility index (Phi) is 4.83. The molecule has 0 spiro atoms. The maximum absolute atomic E-state index is 12.0. The predicted octanol–water partition coefficient (Wildman–Crippen LogP) is 3.80. The maximum Gasteiger partial charge on any atom is 0.227 e. The number of nitriles is 1. The minimum Gasteiger partial charge on any atom is -0.380 e. The van der Waals surface area contributed by atoms with E-state index in [1.807, 2.05) is 42.5 Å². The van der Waals surface area contributed by atoms with E-state index in [2.05, 4.69) is 16.3 Å². The van der Waals surface area contributed by atoms with Gasteiger partial charge in [-0.15, -0.1) is 0 Å². The number of hydrogen-bond acceptors (Lipinski definition) is 4. The third kappa shape index (κ3) is 3.81. The molecule has 0 aromatic heterocycles. The van der Waals surface area contributed by atoms with Crippen molar-refractivity contribution < 1.29 is 9.53 Å². The first kappa shape index (κ1) is 17.6. The van der Waals surface area contributed by atoms with Crippen molar-refractivity contribution in [2.75, 3.05) is 30.4 Å². The lowest BCUT2D eigenvalue weighted by atomic mass is 10.0. The highest BCUT2D eigenvalue weighted by atomic mass is 16.5. The minimum absolute atomic E-state index is 0.0990. The van der Waals surface area contributed by atoms with E-state index >= 15 is 0 Å². The molecule has 2 aromatic rings. The predicted molar refractivity (Wildman–Crippen MR) is 106 cm³/mol. The van der Waals surface area contributed by atoms with Gasteiger partial charge in [-0.1, -0.05) is 18.2 Å². The second kappa shape index (κ2) is 7.42. The molecule has 1 aliphatic heterocycles. The smallest absolute Gasteiger partial charge is 0.227 e. The number of carbonyl (C=O) groups excluding carboxylic acids is 1. The highest BCUT2D eigenvalue weighted by Gasteiger charge is 2.29. The van der Waals surface area contributed by atoms with Gasteiger partial charge in [0.2, 0.25) is 5.91 Å². The molecule has 4 rings (SSSR count). The Bertz CT molecular complexity index is 899. The molecule has 1 aliphatic carbocycles. The normalized spacial score (nSPS) is 19.0. The summed E-state index contributed by atoms with van der Waals surface area (Å²) in [6.07, 6.45) is 3.17. The average molecular weight is 361 g/mol. The van der Waals surface area contributed by atoms with E-state index in [1.54, 1.807) is 7.11 Å². The van der Waals surface area contributed by atoms with Gasteiger partial charge < -0.3 is 15.0 Å². The molecule has 138 valence electrons. The molecule has 1 heterocycles. The first-order chi connectivity index (χ1) is 13.2. The van der Waals surface area contributed by atoms with E-state index < -0.39 is 0 Å². The van der Waals surface area contributed by atoms with Gasteiger partial charge in [0.15, 0.2) is 0 Å². The van der Waals surface area contributed by atoms with Crippen LogP contribution in [0.25, 0.3) is 11.1 Å². The van der Waals surface area contributed by atoms with Gasteiger partial charge in [0.1, 0.15) is 6.07 Å². The van der Waals surface area contributed by atoms with Crippen LogP contribution in [-0.4, -0.2) is 32.2 Å². The van der Waals surface area contributed by atoms with E-state index in [4.69, 9.17) is 4.74 Å². The molecule has 5 heteroatoms. The summed E-state index contributed by atoms with van der Waals surface area (Å²) in [5.74, 6) is 0.275. The molecule has 2 aromatic carbocycles. The minimum atomic E-state index is 0.0990. The van der Waals surface area contributed by atoms with Gasteiger partial charge >= 0.3 is 0 Å². The highest BCUT2D eigenvalue weighted by molar-refractivity contribution is 5.94. The van der Waals surface area contributed by atoms with Gasteiger partial charge in [0.05, 0.1) is 17.4 Å². The van der Waals surface area contributed by atoms with Crippen LogP contribution in [0.15, 0.2) is 42.5 Å². The number of carbonyl (C=O) groups is 1. The summed E-state index contributed by atoms with van der Waals surface area (Å²) >= 11 is 0. The molecule has 0 unspecified atom stereocenters. The molecular weight excluding hydrogens is 338 g/mol. The van der Waals surface area contributed by atoms with Crippen molar-refractivity contribution in [1.82, 2.24) is 0 Å². The first-order valence-electron chi connectivity index (χ1n) is 9.41. The third-order valence-corrected chi connectivity index (χ3v) is 5.35. The number of benzene rings is 2. The molecule has 0 radical (unpaired) electrons. The summed E-state index contributed by atoms with van der Waals surface area (Å²) in [5, 5.41) is 12.6. The Morgan fingerprint density at radius 1 is 1.19 bits per heavy atom. The van der Waals surface area contributed by atoms with Crippen molar-refractivity contribution >= 4 is 17.3 Å². The van der Waals surface area contributed by atoms with E-state index in [0.717, 1.165) is 54.9 Å². The molecule has 2 aliphatic rings. The Balaban J connectivity index is 1.57. The monoisotopic (exact) mass is 361 g/mol. The number of amides is 1. The molecule has 1 atom stereocenters. The summed E-state index contributed by atoms with van der Waals surface area (Å²) < 4.78 is 5.44. The summed E-state index contributed by atoms with van der Waals surface area (Å²) in [7, 11) is 1.73. The lowest BCUT2D eigenvalue weighted by Gasteiger charge is -2.20. The quantitative estimate of drug-likeness (QED) is 0.880. The molecule has 1 saturated heterocycles. The Morgan fingerprint density at radius 2 is 2.00 bits per heavy atom. The number of rotatable bonds is 5. The number of anilines is 2. The van der Waals surface area contributed by atoms with E-state index in [-0.39, 0.29) is 17.9 Å². The molecular formula is C22H23N3O2. The van der Waals surface area contributed by atoms with Crippen molar-refractivity contribution in [3.05, 3.63) is 48.0 Å². The zero-order valence-electron chi connectivity index (χ0n) is 15.4. The maximum atomic E-state index is 12.0. The van der Waals surface area contributed by atoms with Crippen LogP contribution in [0.5, 0.6) is 0 Å². The van der Waals surface area contributed by atoms with Gasteiger partial charge in [0.25, 0.3) is 0 Å². The van der Waals surface area contributed by atoms with Crippen molar-refractivity contribution in [3.63, 3.8) is 0 Å². The molecule has 1 N–H and O–H groups in total. The molecule has 2 fully saturated rings. The average Bonchev–Trinajstić information content (AvgIpc) is 3.45. The standard InChI is InChI=1S/C22H23N3O2/c1-27-20-9-10-25(14-20)21-8-7-17(11-18(21)13-23)16-3-2-4-19(12-16)24-22(26)15-5-6-15/h2-4,7-8,11-12,15,20H,5-6,9-10,14H2,1H3,(H,24,26)/t20-/m0/s1.